The summed E-state index contributed by atoms with van der Waals surface area (Å²) in [5, 5.41) is 11.9. The molecule has 1 rings (SSSR count). The zero-order valence-corrected chi connectivity index (χ0v) is 10.9. The van der Waals surface area contributed by atoms with Gasteiger partial charge in [0.15, 0.2) is 0 Å². The van der Waals surface area contributed by atoms with E-state index in [1.54, 1.807) is 4.90 Å². The normalized spacial score (nSPS) is 10.4. The van der Waals surface area contributed by atoms with Gasteiger partial charge in [-0.05, 0) is 30.9 Å². The van der Waals surface area contributed by atoms with E-state index in [0.717, 1.165) is 25.8 Å². The Hall–Kier alpha value is -1.14. The number of hydrogen-bond donors (Lipinski definition) is 2. The standard InChI is InChI=1S/C10H18ClN5O/c1-16(2)10-14-8(11)13-9(15-10)12-6-4-3-5-7-17/h17H,3-7H2,1-2H3,(H,12,13,14,15). The van der Waals surface area contributed by atoms with Crippen LogP contribution in [0, 0.1) is 0 Å². The molecule has 1 aromatic rings. The van der Waals surface area contributed by atoms with Crippen molar-refractivity contribution < 1.29 is 5.11 Å². The van der Waals surface area contributed by atoms with Crippen LogP contribution in [0.2, 0.25) is 5.28 Å². The number of aromatic nitrogens is 3. The molecule has 0 radical (unpaired) electrons. The molecule has 0 aliphatic heterocycles. The number of nitrogens with one attached hydrogen (secondary N) is 1. The molecule has 0 fully saturated rings. The van der Waals surface area contributed by atoms with Gasteiger partial charge in [-0.1, -0.05) is 0 Å². The minimum absolute atomic E-state index is 0.182. The van der Waals surface area contributed by atoms with E-state index in [9.17, 15) is 0 Å². The second-order valence-electron chi connectivity index (χ2n) is 3.83. The second kappa shape index (κ2) is 7.24. The first-order valence-corrected chi connectivity index (χ1v) is 5.95. The minimum atomic E-state index is 0.182. The van der Waals surface area contributed by atoms with Crippen LogP contribution in [-0.2, 0) is 0 Å². The SMILES string of the molecule is CN(C)c1nc(Cl)nc(NCCCCCO)n1. The first-order valence-electron chi connectivity index (χ1n) is 5.57. The summed E-state index contributed by atoms with van der Waals surface area (Å²) >= 11 is 5.79. The molecule has 96 valence electrons. The van der Waals surface area contributed by atoms with E-state index in [1.165, 1.54) is 0 Å². The lowest BCUT2D eigenvalue weighted by Crippen LogP contribution is -2.15. The van der Waals surface area contributed by atoms with Crippen LogP contribution < -0.4 is 10.2 Å². The van der Waals surface area contributed by atoms with E-state index in [4.69, 9.17) is 16.7 Å². The van der Waals surface area contributed by atoms with Crippen molar-refractivity contribution in [3.8, 4) is 0 Å². The lowest BCUT2D eigenvalue weighted by Gasteiger charge is -2.11. The Morgan fingerprint density at radius 3 is 2.59 bits per heavy atom. The number of rotatable bonds is 7. The summed E-state index contributed by atoms with van der Waals surface area (Å²) in [6.07, 6.45) is 2.76. The Morgan fingerprint density at radius 2 is 1.94 bits per heavy atom. The zero-order chi connectivity index (χ0) is 12.7. The topological polar surface area (TPSA) is 74.2 Å². The minimum Gasteiger partial charge on any atom is -0.396 e. The van der Waals surface area contributed by atoms with Gasteiger partial charge in [0, 0.05) is 27.2 Å². The van der Waals surface area contributed by atoms with E-state index in [1.807, 2.05) is 14.1 Å². The molecule has 6 nitrogen and oxygen atoms in total. The third-order valence-electron chi connectivity index (χ3n) is 2.11. The molecule has 17 heavy (non-hydrogen) atoms. The number of unbranched alkanes of at least 4 members (excludes halogenated alkanes) is 2. The molecule has 0 unspecified atom stereocenters. The summed E-state index contributed by atoms with van der Waals surface area (Å²) in [6.45, 7) is 0.996. The first-order chi connectivity index (χ1) is 8.13. The van der Waals surface area contributed by atoms with Gasteiger partial charge in [-0.3, -0.25) is 0 Å². The van der Waals surface area contributed by atoms with E-state index in [0.29, 0.717) is 11.9 Å². The number of aliphatic hydroxyl groups is 1. The van der Waals surface area contributed by atoms with Crippen LogP contribution in [0.15, 0.2) is 0 Å². The summed E-state index contributed by atoms with van der Waals surface area (Å²) in [5.74, 6) is 1.01. The molecular formula is C10H18ClN5O. The fraction of sp³-hybridized carbons (Fsp3) is 0.700. The quantitative estimate of drug-likeness (QED) is 0.716. The van der Waals surface area contributed by atoms with Crippen molar-refractivity contribution in [1.29, 1.82) is 0 Å². The van der Waals surface area contributed by atoms with Crippen molar-refractivity contribution in [2.75, 3.05) is 37.5 Å². The molecule has 2 N–H and O–H groups in total. The van der Waals surface area contributed by atoms with Crippen molar-refractivity contribution >= 4 is 23.5 Å². The molecule has 0 saturated heterocycles. The molecule has 1 aromatic heterocycles. The Bertz CT molecular complexity index is 347. The van der Waals surface area contributed by atoms with E-state index in [2.05, 4.69) is 20.3 Å². The van der Waals surface area contributed by atoms with Gasteiger partial charge in [0.2, 0.25) is 17.2 Å². The van der Waals surface area contributed by atoms with Gasteiger partial charge in [0.1, 0.15) is 0 Å². The Labute approximate surface area is 106 Å². The van der Waals surface area contributed by atoms with Gasteiger partial charge in [-0.2, -0.15) is 15.0 Å². The fourth-order valence-electron chi connectivity index (χ4n) is 1.23. The van der Waals surface area contributed by atoms with Crippen LogP contribution in [0.5, 0.6) is 0 Å². The van der Waals surface area contributed by atoms with E-state index < -0.39 is 0 Å². The number of halogens is 1. The summed E-state index contributed by atoms with van der Waals surface area (Å²) in [4.78, 5) is 14.0. The average molecular weight is 260 g/mol. The highest BCUT2D eigenvalue weighted by atomic mass is 35.5. The summed E-state index contributed by atoms with van der Waals surface area (Å²) in [6, 6.07) is 0. The zero-order valence-electron chi connectivity index (χ0n) is 10.1. The first kappa shape index (κ1) is 13.9. The predicted octanol–water partition coefficient (Wildman–Crippen LogP) is 1.17. The van der Waals surface area contributed by atoms with Crippen LogP contribution >= 0.6 is 11.6 Å². The van der Waals surface area contributed by atoms with Crippen molar-refractivity contribution in [3.05, 3.63) is 5.28 Å². The molecular weight excluding hydrogens is 242 g/mol. The van der Waals surface area contributed by atoms with Gasteiger partial charge < -0.3 is 15.3 Å². The number of aliphatic hydroxyl groups excluding tert-OH is 1. The lowest BCUT2D eigenvalue weighted by molar-refractivity contribution is 0.283. The number of hydrogen-bond acceptors (Lipinski definition) is 6. The summed E-state index contributed by atoms with van der Waals surface area (Å²) in [7, 11) is 3.69. The van der Waals surface area contributed by atoms with Crippen LogP contribution in [0.1, 0.15) is 19.3 Å². The van der Waals surface area contributed by atoms with Crippen LogP contribution in [-0.4, -0.2) is 47.3 Å². The molecule has 0 atom stereocenters. The predicted molar refractivity (Wildman–Crippen MR) is 68.6 cm³/mol. The highest BCUT2D eigenvalue weighted by Crippen LogP contribution is 2.11. The van der Waals surface area contributed by atoms with Crippen molar-refractivity contribution in [2.24, 2.45) is 0 Å². The summed E-state index contributed by atoms with van der Waals surface area (Å²) < 4.78 is 0. The van der Waals surface area contributed by atoms with E-state index in [-0.39, 0.29) is 11.9 Å². The molecule has 1 heterocycles. The average Bonchev–Trinajstić information content (AvgIpc) is 2.28. The smallest absolute Gasteiger partial charge is 0.230 e. The fourth-order valence-corrected chi connectivity index (χ4v) is 1.39. The molecule has 0 aromatic carbocycles. The van der Waals surface area contributed by atoms with Crippen molar-refractivity contribution in [2.45, 2.75) is 19.3 Å². The van der Waals surface area contributed by atoms with Gasteiger partial charge in [-0.15, -0.1) is 0 Å². The van der Waals surface area contributed by atoms with Crippen LogP contribution in [0.4, 0.5) is 11.9 Å². The third kappa shape index (κ3) is 5.14. The van der Waals surface area contributed by atoms with Crippen LogP contribution in [0.3, 0.4) is 0 Å². The number of anilines is 2. The maximum absolute atomic E-state index is 8.64. The molecule has 0 spiro atoms. The maximum atomic E-state index is 8.64. The van der Waals surface area contributed by atoms with E-state index >= 15 is 0 Å². The van der Waals surface area contributed by atoms with Gasteiger partial charge >= 0.3 is 0 Å². The molecule has 0 bridgehead atoms. The highest BCUT2D eigenvalue weighted by molar-refractivity contribution is 6.28. The van der Waals surface area contributed by atoms with Crippen molar-refractivity contribution in [1.82, 2.24) is 15.0 Å². The highest BCUT2D eigenvalue weighted by Gasteiger charge is 2.05. The molecule has 0 saturated carbocycles. The Morgan fingerprint density at radius 1 is 1.18 bits per heavy atom. The molecule has 7 heteroatoms. The maximum Gasteiger partial charge on any atom is 0.230 e. The molecule has 0 amide bonds. The lowest BCUT2D eigenvalue weighted by atomic mass is 10.2. The van der Waals surface area contributed by atoms with Crippen molar-refractivity contribution in [3.63, 3.8) is 0 Å². The largest absolute Gasteiger partial charge is 0.396 e. The number of nitrogens with zero attached hydrogens (tertiary/aromatic N) is 4. The van der Waals surface area contributed by atoms with Gasteiger partial charge in [0.05, 0.1) is 0 Å². The molecule has 0 aliphatic carbocycles. The monoisotopic (exact) mass is 259 g/mol. The van der Waals surface area contributed by atoms with Crippen LogP contribution in [0.25, 0.3) is 0 Å². The second-order valence-corrected chi connectivity index (χ2v) is 4.17. The Kier molecular flexibility index (Phi) is 5.93. The Balaban J connectivity index is 2.47. The summed E-state index contributed by atoms with van der Waals surface area (Å²) in [5.41, 5.74) is 0. The third-order valence-corrected chi connectivity index (χ3v) is 2.28. The molecule has 0 aliphatic rings. The van der Waals surface area contributed by atoms with Gasteiger partial charge in [-0.25, -0.2) is 0 Å². The van der Waals surface area contributed by atoms with Gasteiger partial charge in [0.25, 0.3) is 0 Å².